The molecule has 1 aromatic heterocycles. The quantitative estimate of drug-likeness (QED) is 0.228. The zero-order chi connectivity index (χ0) is 36.4. The van der Waals surface area contributed by atoms with Crippen LogP contribution in [0.3, 0.4) is 0 Å². The number of ketones is 1. The summed E-state index contributed by atoms with van der Waals surface area (Å²) in [5.74, 6) is -3.33. The van der Waals surface area contributed by atoms with Gasteiger partial charge in [-0.15, -0.1) is 0 Å². The second-order valence-corrected chi connectivity index (χ2v) is 16.7. The van der Waals surface area contributed by atoms with E-state index >= 15 is 0 Å². The summed E-state index contributed by atoms with van der Waals surface area (Å²) in [5.41, 5.74) is -1.03. The Bertz CT molecular complexity index is 1470. The van der Waals surface area contributed by atoms with E-state index in [1.165, 1.54) is 18.6 Å². The summed E-state index contributed by atoms with van der Waals surface area (Å²) in [5, 5.41) is 11.5. The highest BCUT2D eigenvalue weighted by Crippen LogP contribution is 2.69. The van der Waals surface area contributed by atoms with Gasteiger partial charge in [0, 0.05) is 25.0 Å². The van der Waals surface area contributed by atoms with Crippen molar-refractivity contribution in [1.82, 2.24) is 36.1 Å². The van der Waals surface area contributed by atoms with Crippen molar-refractivity contribution in [2.75, 3.05) is 6.54 Å². The number of likely N-dealkylation sites (tertiary alicyclic amines) is 1. The van der Waals surface area contributed by atoms with Gasteiger partial charge in [-0.1, -0.05) is 67.2 Å². The van der Waals surface area contributed by atoms with Crippen molar-refractivity contribution in [2.45, 2.75) is 142 Å². The lowest BCUT2D eigenvalue weighted by Gasteiger charge is -2.37. The van der Waals surface area contributed by atoms with E-state index in [9.17, 15) is 28.8 Å². The molecule has 4 aliphatic rings. The largest absolute Gasteiger partial charge is 0.347 e. The molecule has 5 rings (SSSR count). The van der Waals surface area contributed by atoms with E-state index in [4.69, 9.17) is 0 Å². The third-order valence-corrected chi connectivity index (χ3v) is 11.3. The maximum Gasteiger partial charge on any atom is 0.289 e. The molecule has 1 unspecified atom stereocenters. The number of hydrogen-bond acceptors (Lipinski definition) is 8. The summed E-state index contributed by atoms with van der Waals surface area (Å²) in [6, 6.07) is -3.78. The molecule has 274 valence electrons. The van der Waals surface area contributed by atoms with Crippen LogP contribution < -0.4 is 21.3 Å². The van der Waals surface area contributed by atoms with Crippen LogP contribution >= 0.6 is 0 Å². The first kappa shape index (κ1) is 37.4. The Labute approximate surface area is 295 Å². The zero-order valence-corrected chi connectivity index (χ0v) is 30.5. The molecule has 1 aliphatic heterocycles. The van der Waals surface area contributed by atoms with E-state index in [2.05, 4.69) is 45.1 Å². The van der Waals surface area contributed by atoms with Crippen molar-refractivity contribution in [1.29, 1.82) is 0 Å². The summed E-state index contributed by atoms with van der Waals surface area (Å²) < 4.78 is 0. The van der Waals surface area contributed by atoms with Crippen molar-refractivity contribution >= 4 is 35.3 Å². The molecule has 0 radical (unpaired) electrons. The summed E-state index contributed by atoms with van der Waals surface area (Å²) in [6.45, 7) is 12.0. The minimum Gasteiger partial charge on any atom is -0.347 e. The molecule has 5 amide bonds. The van der Waals surface area contributed by atoms with Crippen LogP contribution in [0.1, 0.15) is 123 Å². The lowest BCUT2D eigenvalue weighted by Crippen LogP contribution is -2.62. The second kappa shape index (κ2) is 14.8. The van der Waals surface area contributed by atoms with Crippen molar-refractivity contribution in [3.05, 3.63) is 24.3 Å². The van der Waals surface area contributed by atoms with Gasteiger partial charge in [0.25, 0.3) is 11.8 Å². The molecule has 0 bridgehead atoms. The lowest BCUT2D eigenvalue weighted by atomic mass is 9.82. The summed E-state index contributed by atoms with van der Waals surface area (Å²) in [4.78, 5) is 91.6. The molecule has 3 saturated carbocycles. The molecule has 13 heteroatoms. The third kappa shape index (κ3) is 8.34. The minimum absolute atomic E-state index is 0.00640. The molecule has 1 aromatic rings. The molecule has 4 fully saturated rings. The number of hydrogen-bond donors (Lipinski definition) is 4. The first-order valence-electron chi connectivity index (χ1n) is 18.4. The first-order chi connectivity index (χ1) is 23.6. The van der Waals surface area contributed by atoms with Crippen LogP contribution in [0.25, 0.3) is 0 Å². The smallest absolute Gasteiger partial charge is 0.289 e. The van der Waals surface area contributed by atoms with Crippen molar-refractivity contribution in [3.8, 4) is 0 Å². The summed E-state index contributed by atoms with van der Waals surface area (Å²) in [7, 11) is 0. The van der Waals surface area contributed by atoms with Gasteiger partial charge in [0.2, 0.25) is 23.5 Å². The van der Waals surface area contributed by atoms with E-state index in [1.54, 1.807) is 4.90 Å². The number of amides is 5. The SMILES string of the molecule is CCC[C@@H](NC(=O)[C@H]1CC2(CN1C(=O)[C@H](NC(=O)[C@@H](NC(=O)c1cnccn1)C1CCCCC1)C(C)(C)C)CC2(C)C)C(=O)C(=O)NC1CC1. The van der Waals surface area contributed by atoms with E-state index in [0.29, 0.717) is 25.8 Å². The maximum atomic E-state index is 14.7. The van der Waals surface area contributed by atoms with E-state index in [1.807, 2.05) is 27.7 Å². The number of carbonyl (C=O) groups excluding carboxylic acids is 6. The van der Waals surface area contributed by atoms with Gasteiger partial charge in [0.15, 0.2) is 0 Å². The highest BCUT2D eigenvalue weighted by molar-refractivity contribution is 6.38. The standard InChI is InChI=1S/C37H55N7O6/c1-7-11-24(28(45)33(49)40-23-14-15-23)41-31(47)26-18-37(20-36(37,5)6)21-44(26)34(50)29(35(2,3)4)43-32(48)27(22-12-9-8-10-13-22)42-30(46)25-19-38-16-17-39-25/h16-17,19,22-24,26-27,29H,7-15,18,20-21H2,1-6H3,(H,40,49)(H,41,47)(H,42,46)(H,43,48)/t24-,26-,27+,29+,37?/m1/s1. The number of Topliss-reactive ketones (excluding diaryl/α,β-unsaturated/α-hetero) is 1. The van der Waals surface area contributed by atoms with Crippen LogP contribution in [0.15, 0.2) is 18.6 Å². The van der Waals surface area contributed by atoms with Gasteiger partial charge in [-0.2, -0.15) is 0 Å². The van der Waals surface area contributed by atoms with Gasteiger partial charge in [-0.25, -0.2) is 4.98 Å². The molecule has 4 N–H and O–H groups in total. The van der Waals surface area contributed by atoms with Crippen LogP contribution in [0, 0.1) is 22.2 Å². The van der Waals surface area contributed by atoms with Gasteiger partial charge >= 0.3 is 0 Å². The molecule has 5 atom stereocenters. The highest BCUT2D eigenvalue weighted by atomic mass is 16.2. The van der Waals surface area contributed by atoms with Crippen LogP contribution in [0.2, 0.25) is 0 Å². The number of nitrogens with one attached hydrogen (secondary N) is 4. The topological polar surface area (TPSA) is 180 Å². The lowest BCUT2D eigenvalue weighted by molar-refractivity contribution is -0.145. The Balaban J connectivity index is 1.37. The molecule has 3 aliphatic carbocycles. The number of aromatic nitrogens is 2. The van der Waals surface area contributed by atoms with E-state index < -0.39 is 64.9 Å². The van der Waals surface area contributed by atoms with Gasteiger partial charge in [-0.05, 0) is 67.1 Å². The monoisotopic (exact) mass is 693 g/mol. The average molecular weight is 694 g/mol. The van der Waals surface area contributed by atoms with E-state index in [0.717, 1.165) is 51.4 Å². The fraction of sp³-hybridized carbons (Fsp3) is 0.730. The maximum absolute atomic E-state index is 14.7. The van der Waals surface area contributed by atoms with Crippen molar-refractivity contribution in [3.63, 3.8) is 0 Å². The Kier molecular flexibility index (Phi) is 11.0. The van der Waals surface area contributed by atoms with Gasteiger partial charge < -0.3 is 26.2 Å². The Morgan fingerprint density at radius 1 is 0.960 bits per heavy atom. The first-order valence-corrected chi connectivity index (χ1v) is 18.4. The fourth-order valence-corrected chi connectivity index (χ4v) is 7.88. The Hall–Kier alpha value is -3.90. The molecule has 0 aromatic carbocycles. The van der Waals surface area contributed by atoms with Gasteiger partial charge in [0.1, 0.15) is 23.8 Å². The summed E-state index contributed by atoms with van der Waals surface area (Å²) >= 11 is 0. The molecule has 50 heavy (non-hydrogen) atoms. The second-order valence-electron chi connectivity index (χ2n) is 16.7. The van der Waals surface area contributed by atoms with Crippen LogP contribution in [-0.2, 0) is 24.0 Å². The summed E-state index contributed by atoms with van der Waals surface area (Å²) in [6.07, 6.45) is 12.5. The van der Waals surface area contributed by atoms with Crippen LogP contribution in [0.5, 0.6) is 0 Å². The van der Waals surface area contributed by atoms with Gasteiger partial charge in [-0.3, -0.25) is 33.8 Å². The predicted octanol–water partition coefficient (Wildman–Crippen LogP) is 2.84. The van der Waals surface area contributed by atoms with Crippen molar-refractivity contribution in [2.24, 2.45) is 22.2 Å². The highest BCUT2D eigenvalue weighted by Gasteiger charge is 2.67. The molecule has 1 saturated heterocycles. The molecular formula is C37H55N7O6. The fourth-order valence-electron chi connectivity index (χ4n) is 7.88. The predicted molar refractivity (Wildman–Crippen MR) is 185 cm³/mol. The molecular weight excluding hydrogens is 638 g/mol. The Morgan fingerprint density at radius 2 is 1.64 bits per heavy atom. The number of rotatable bonds is 13. The third-order valence-electron chi connectivity index (χ3n) is 11.3. The zero-order valence-electron chi connectivity index (χ0n) is 30.5. The normalized spacial score (nSPS) is 24.8. The molecule has 13 nitrogen and oxygen atoms in total. The Morgan fingerprint density at radius 3 is 2.20 bits per heavy atom. The van der Waals surface area contributed by atoms with Crippen LogP contribution in [0.4, 0.5) is 0 Å². The van der Waals surface area contributed by atoms with Crippen LogP contribution in [-0.4, -0.2) is 86.9 Å². The average Bonchev–Trinajstić information content (AvgIpc) is 3.94. The van der Waals surface area contributed by atoms with E-state index in [-0.39, 0.29) is 28.5 Å². The van der Waals surface area contributed by atoms with Crippen molar-refractivity contribution < 1.29 is 28.8 Å². The van der Waals surface area contributed by atoms with Gasteiger partial charge in [0.05, 0.1) is 12.2 Å². The number of nitrogens with zero attached hydrogens (tertiary/aromatic N) is 3. The molecule has 1 spiro atoms. The number of carbonyl (C=O) groups is 6. The minimum atomic E-state index is -1.01. The molecule has 2 heterocycles.